The summed E-state index contributed by atoms with van der Waals surface area (Å²) in [5.74, 6) is 1.22. The summed E-state index contributed by atoms with van der Waals surface area (Å²) in [5.41, 5.74) is -1.15. The van der Waals surface area contributed by atoms with Crippen LogP contribution in [0.3, 0.4) is 0 Å². The number of nitrogens with zero attached hydrogens (tertiary/aromatic N) is 1. The largest absolute Gasteiger partial charge is 0.459 e. The van der Waals surface area contributed by atoms with E-state index in [-0.39, 0.29) is 5.91 Å². The van der Waals surface area contributed by atoms with Crippen LogP contribution < -0.4 is 5.32 Å². The molecule has 120 valence electrons. The number of amides is 1. The van der Waals surface area contributed by atoms with E-state index in [1.54, 1.807) is 34.6 Å². The molecule has 0 unspecified atom stereocenters. The average Bonchev–Trinajstić information content (AvgIpc) is 2.93. The molecule has 0 spiro atoms. The molecule has 2 aromatic rings. The lowest BCUT2D eigenvalue weighted by Gasteiger charge is -2.37. The highest BCUT2D eigenvalue weighted by atomic mass is 32.1. The van der Waals surface area contributed by atoms with Gasteiger partial charge in [-0.05, 0) is 53.7 Å². The van der Waals surface area contributed by atoms with E-state index in [2.05, 4.69) is 10.3 Å². The highest BCUT2D eigenvalue weighted by molar-refractivity contribution is 7.17. The molecular formula is C16H22N2O3S. The van der Waals surface area contributed by atoms with Crippen molar-refractivity contribution in [1.29, 1.82) is 0 Å². The van der Waals surface area contributed by atoms with Gasteiger partial charge in [0.15, 0.2) is 10.8 Å². The van der Waals surface area contributed by atoms with Crippen LogP contribution in [-0.4, -0.2) is 27.1 Å². The Balaban J connectivity index is 2.26. The second-order valence-electron chi connectivity index (χ2n) is 6.48. The van der Waals surface area contributed by atoms with E-state index in [4.69, 9.17) is 4.42 Å². The number of furan rings is 1. The number of aliphatic hydroxyl groups is 1. The molecule has 0 aromatic carbocycles. The van der Waals surface area contributed by atoms with Gasteiger partial charge >= 0.3 is 0 Å². The Morgan fingerprint density at radius 3 is 2.41 bits per heavy atom. The number of rotatable bonds is 4. The van der Waals surface area contributed by atoms with Crippen LogP contribution in [0.4, 0.5) is 0 Å². The first-order chi connectivity index (χ1) is 10.0. The fourth-order valence-electron chi connectivity index (χ4n) is 1.76. The fraction of sp³-hybridized carbons (Fsp3) is 0.500. The van der Waals surface area contributed by atoms with Gasteiger partial charge in [0, 0.05) is 0 Å². The molecule has 0 saturated heterocycles. The van der Waals surface area contributed by atoms with Crippen molar-refractivity contribution in [2.24, 2.45) is 0 Å². The third-order valence-corrected chi connectivity index (χ3v) is 5.08. The summed E-state index contributed by atoms with van der Waals surface area (Å²) in [7, 11) is 0. The molecule has 0 bridgehead atoms. The molecule has 2 aromatic heterocycles. The smallest absolute Gasteiger partial charge is 0.263 e. The summed E-state index contributed by atoms with van der Waals surface area (Å²) >= 11 is 1.29. The molecule has 2 N–H and O–H groups in total. The normalized spacial score (nSPS) is 12.5. The lowest BCUT2D eigenvalue weighted by atomic mass is 9.86. The van der Waals surface area contributed by atoms with Crippen LogP contribution in [0.2, 0.25) is 0 Å². The number of hydrogen-bond donors (Lipinski definition) is 2. The van der Waals surface area contributed by atoms with E-state index in [1.807, 2.05) is 19.1 Å². The zero-order valence-electron chi connectivity index (χ0n) is 13.8. The molecule has 6 heteroatoms. The van der Waals surface area contributed by atoms with Crippen LogP contribution in [0.1, 0.15) is 48.8 Å². The third kappa shape index (κ3) is 3.23. The second-order valence-corrected chi connectivity index (χ2v) is 7.48. The lowest BCUT2D eigenvalue weighted by molar-refractivity contribution is -0.00286. The first-order valence-corrected chi connectivity index (χ1v) is 7.92. The van der Waals surface area contributed by atoms with Crippen LogP contribution in [-0.2, 0) is 0 Å². The monoisotopic (exact) mass is 322 g/mol. The van der Waals surface area contributed by atoms with Crippen molar-refractivity contribution >= 4 is 17.2 Å². The van der Waals surface area contributed by atoms with E-state index in [1.165, 1.54) is 11.3 Å². The molecular weight excluding hydrogens is 300 g/mol. The highest BCUT2D eigenvalue weighted by Crippen LogP contribution is 2.30. The Kier molecular flexibility index (Phi) is 4.19. The predicted octanol–water partition coefficient (Wildman–Crippen LogP) is 3.30. The van der Waals surface area contributed by atoms with Gasteiger partial charge in [0.2, 0.25) is 0 Å². The van der Waals surface area contributed by atoms with E-state index in [9.17, 15) is 9.90 Å². The highest BCUT2D eigenvalue weighted by Gasteiger charge is 2.37. The van der Waals surface area contributed by atoms with E-state index in [0.717, 1.165) is 5.76 Å². The van der Waals surface area contributed by atoms with Gasteiger partial charge in [0.1, 0.15) is 10.6 Å². The maximum Gasteiger partial charge on any atom is 0.263 e. The molecule has 0 fully saturated rings. The Labute approximate surface area is 134 Å². The number of aromatic nitrogens is 1. The minimum atomic E-state index is -1.04. The first kappa shape index (κ1) is 16.7. The van der Waals surface area contributed by atoms with Crippen LogP contribution in [0.25, 0.3) is 10.8 Å². The molecule has 0 aliphatic carbocycles. The lowest BCUT2D eigenvalue weighted by Crippen LogP contribution is -2.57. The second kappa shape index (κ2) is 5.52. The maximum atomic E-state index is 12.5. The van der Waals surface area contributed by atoms with Crippen molar-refractivity contribution in [2.45, 2.75) is 52.7 Å². The molecule has 2 rings (SSSR count). The van der Waals surface area contributed by atoms with Gasteiger partial charge in [-0.25, -0.2) is 4.98 Å². The molecule has 0 saturated carbocycles. The van der Waals surface area contributed by atoms with Gasteiger partial charge < -0.3 is 14.8 Å². The van der Waals surface area contributed by atoms with Crippen LogP contribution in [0.5, 0.6) is 0 Å². The molecule has 0 radical (unpaired) electrons. The number of carbonyl (C=O) groups is 1. The summed E-state index contributed by atoms with van der Waals surface area (Å²) in [6.45, 7) is 10.6. The molecule has 1 amide bonds. The number of hydrogen-bond acceptors (Lipinski definition) is 5. The topological polar surface area (TPSA) is 75.4 Å². The van der Waals surface area contributed by atoms with Gasteiger partial charge in [-0.3, -0.25) is 4.79 Å². The number of carbonyl (C=O) groups excluding carboxylic acids is 1. The SMILES string of the molecule is Cc1ccc(-c2nc(C)c(C(=O)NC(C)(C)C(C)(C)O)s2)o1. The molecule has 0 atom stereocenters. The summed E-state index contributed by atoms with van der Waals surface area (Å²) in [5, 5.41) is 13.7. The molecule has 0 aliphatic rings. The third-order valence-electron chi connectivity index (χ3n) is 3.91. The Morgan fingerprint density at radius 1 is 1.27 bits per heavy atom. The minimum absolute atomic E-state index is 0.239. The molecule has 22 heavy (non-hydrogen) atoms. The Morgan fingerprint density at radius 2 is 1.91 bits per heavy atom. The molecule has 2 heterocycles. The first-order valence-electron chi connectivity index (χ1n) is 7.10. The van der Waals surface area contributed by atoms with Crippen molar-refractivity contribution in [1.82, 2.24) is 10.3 Å². The molecule has 0 aliphatic heterocycles. The summed E-state index contributed by atoms with van der Waals surface area (Å²) < 4.78 is 5.55. The van der Waals surface area contributed by atoms with Gasteiger partial charge in [0.05, 0.1) is 16.8 Å². The van der Waals surface area contributed by atoms with Gasteiger partial charge in [-0.2, -0.15) is 0 Å². The summed E-state index contributed by atoms with van der Waals surface area (Å²) in [6.07, 6.45) is 0. The van der Waals surface area contributed by atoms with Crippen LogP contribution in [0, 0.1) is 13.8 Å². The average molecular weight is 322 g/mol. The summed E-state index contributed by atoms with van der Waals surface area (Å²) in [6, 6.07) is 3.71. The van der Waals surface area contributed by atoms with E-state index in [0.29, 0.717) is 21.3 Å². The predicted molar refractivity (Wildman–Crippen MR) is 87.1 cm³/mol. The summed E-state index contributed by atoms with van der Waals surface area (Å²) in [4.78, 5) is 17.4. The van der Waals surface area contributed by atoms with E-state index >= 15 is 0 Å². The van der Waals surface area contributed by atoms with Crippen molar-refractivity contribution in [3.8, 4) is 10.8 Å². The standard InChI is InChI=1S/C16H22N2O3S/c1-9-7-8-11(21-9)14-17-10(2)12(22-14)13(19)18-15(3,4)16(5,6)20/h7-8,20H,1-6H3,(H,18,19). The van der Waals surface area contributed by atoms with Crippen molar-refractivity contribution < 1.29 is 14.3 Å². The zero-order valence-corrected chi connectivity index (χ0v) is 14.6. The maximum absolute atomic E-state index is 12.5. The van der Waals surface area contributed by atoms with Gasteiger partial charge in [0.25, 0.3) is 5.91 Å². The number of thiazole rings is 1. The van der Waals surface area contributed by atoms with Crippen molar-refractivity contribution in [3.05, 3.63) is 28.5 Å². The Hall–Kier alpha value is -1.66. The minimum Gasteiger partial charge on any atom is -0.459 e. The zero-order chi connectivity index (χ0) is 16.7. The molecule has 5 nitrogen and oxygen atoms in total. The van der Waals surface area contributed by atoms with Crippen LogP contribution >= 0.6 is 11.3 Å². The van der Waals surface area contributed by atoms with E-state index < -0.39 is 11.1 Å². The van der Waals surface area contributed by atoms with Gasteiger partial charge in [-0.1, -0.05) is 0 Å². The van der Waals surface area contributed by atoms with Crippen molar-refractivity contribution in [2.75, 3.05) is 0 Å². The quantitative estimate of drug-likeness (QED) is 0.905. The Bertz CT molecular complexity index is 693. The fourth-order valence-corrected chi connectivity index (χ4v) is 2.68. The number of aryl methyl sites for hydroxylation is 2. The van der Waals surface area contributed by atoms with Gasteiger partial charge in [-0.15, -0.1) is 11.3 Å². The van der Waals surface area contributed by atoms with Crippen molar-refractivity contribution in [3.63, 3.8) is 0 Å². The van der Waals surface area contributed by atoms with Crippen LogP contribution in [0.15, 0.2) is 16.5 Å². The number of nitrogens with one attached hydrogen (secondary N) is 1.